The van der Waals surface area contributed by atoms with Crippen molar-refractivity contribution >= 4 is 5.91 Å². The lowest BCUT2D eigenvalue weighted by atomic mass is 9.86. The summed E-state index contributed by atoms with van der Waals surface area (Å²) in [5, 5.41) is 3.40. The zero-order valence-electron chi connectivity index (χ0n) is 13.1. The molecule has 1 aliphatic carbocycles. The van der Waals surface area contributed by atoms with Crippen molar-refractivity contribution in [1.82, 2.24) is 10.2 Å². The highest BCUT2D eigenvalue weighted by molar-refractivity contribution is 5.81. The Kier molecular flexibility index (Phi) is 4.29. The summed E-state index contributed by atoms with van der Waals surface area (Å²) < 4.78 is 0. The Bertz CT molecular complexity index is 496. The number of carbonyl (C=O) groups excluding carboxylic acids is 1. The molecule has 0 bridgehead atoms. The largest absolute Gasteiger partial charge is 0.319 e. The molecular formula is C18H26N2O. The molecule has 21 heavy (non-hydrogen) atoms. The van der Waals surface area contributed by atoms with E-state index >= 15 is 0 Å². The van der Waals surface area contributed by atoms with Gasteiger partial charge in [0.15, 0.2) is 0 Å². The first-order chi connectivity index (χ1) is 10.2. The number of hydrogen-bond acceptors (Lipinski definition) is 2. The predicted molar refractivity (Wildman–Crippen MR) is 84.8 cm³/mol. The van der Waals surface area contributed by atoms with E-state index < -0.39 is 0 Å². The van der Waals surface area contributed by atoms with Gasteiger partial charge in [0.1, 0.15) is 6.17 Å². The van der Waals surface area contributed by atoms with E-state index in [0.717, 1.165) is 25.2 Å². The van der Waals surface area contributed by atoms with Crippen LogP contribution in [0, 0.1) is 5.92 Å². The van der Waals surface area contributed by atoms with Gasteiger partial charge in [0.05, 0.1) is 6.54 Å². The van der Waals surface area contributed by atoms with Crippen molar-refractivity contribution in [3.8, 4) is 0 Å². The van der Waals surface area contributed by atoms with Gasteiger partial charge in [-0.1, -0.05) is 51.0 Å². The number of amides is 1. The first kappa shape index (κ1) is 14.6. The molecule has 0 radical (unpaired) electrons. The van der Waals surface area contributed by atoms with Crippen molar-refractivity contribution in [2.24, 2.45) is 5.92 Å². The fourth-order valence-corrected chi connectivity index (χ4v) is 3.80. The Morgan fingerprint density at radius 2 is 2.00 bits per heavy atom. The predicted octanol–water partition coefficient (Wildman–Crippen LogP) is 3.26. The molecule has 1 aromatic carbocycles. The van der Waals surface area contributed by atoms with Gasteiger partial charge in [0.25, 0.3) is 0 Å². The van der Waals surface area contributed by atoms with Crippen molar-refractivity contribution in [2.45, 2.75) is 58.2 Å². The molecular weight excluding hydrogens is 260 g/mol. The lowest BCUT2D eigenvalue weighted by molar-refractivity contribution is -0.131. The highest BCUT2D eigenvalue weighted by Crippen LogP contribution is 2.33. The third kappa shape index (κ3) is 2.98. The summed E-state index contributed by atoms with van der Waals surface area (Å²) in [4.78, 5) is 14.5. The van der Waals surface area contributed by atoms with Crippen LogP contribution in [0.15, 0.2) is 24.3 Å². The molecule has 1 N–H and O–H groups in total. The van der Waals surface area contributed by atoms with Gasteiger partial charge in [-0.3, -0.25) is 10.1 Å². The van der Waals surface area contributed by atoms with Crippen LogP contribution in [-0.2, 0) is 11.2 Å². The average molecular weight is 286 g/mol. The molecule has 3 atom stereocenters. The molecule has 1 saturated heterocycles. The molecule has 1 aromatic rings. The molecule has 1 aliphatic heterocycles. The molecule has 3 heteroatoms. The third-order valence-corrected chi connectivity index (χ3v) is 5.02. The van der Waals surface area contributed by atoms with E-state index in [2.05, 4.69) is 48.3 Å². The Morgan fingerprint density at radius 1 is 1.24 bits per heavy atom. The number of benzene rings is 1. The second-order valence-corrected chi connectivity index (χ2v) is 6.61. The molecule has 2 aliphatic rings. The topological polar surface area (TPSA) is 32.3 Å². The zero-order valence-corrected chi connectivity index (χ0v) is 13.1. The van der Waals surface area contributed by atoms with Crippen LogP contribution in [0.1, 0.15) is 56.8 Å². The Balaban J connectivity index is 1.81. The van der Waals surface area contributed by atoms with E-state index in [1.807, 2.05) is 0 Å². The first-order valence-corrected chi connectivity index (χ1v) is 8.32. The van der Waals surface area contributed by atoms with Gasteiger partial charge < -0.3 is 4.90 Å². The molecule has 1 heterocycles. The van der Waals surface area contributed by atoms with Crippen LogP contribution < -0.4 is 5.32 Å². The normalized spacial score (nSPS) is 29.9. The summed E-state index contributed by atoms with van der Waals surface area (Å²) in [6.07, 6.45) is 5.98. The van der Waals surface area contributed by atoms with Gasteiger partial charge in [-0.25, -0.2) is 0 Å². The Morgan fingerprint density at radius 3 is 2.67 bits per heavy atom. The Labute approximate surface area is 127 Å². The van der Waals surface area contributed by atoms with E-state index in [-0.39, 0.29) is 12.1 Å². The summed E-state index contributed by atoms with van der Waals surface area (Å²) in [5.74, 6) is 0.999. The van der Waals surface area contributed by atoms with Crippen molar-refractivity contribution in [1.29, 1.82) is 0 Å². The van der Waals surface area contributed by atoms with Gasteiger partial charge in [0.2, 0.25) is 5.91 Å². The van der Waals surface area contributed by atoms with Crippen LogP contribution in [0.3, 0.4) is 0 Å². The standard InChI is InChI=1S/C18H26N2O/c1-3-14-7-9-15(10-8-14)18-19-12-17(21)20(18)16-6-4-5-13(2)11-16/h7-10,13,16,18-19H,3-6,11-12H2,1-2H3. The van der Waals surface area contributed by atoms with Crippen molar-refractivity contribution in [3.63, 3.8) is 0 Å². The average Bonchev–Trinajstić information content (AvgIpc) is 2.89. The van der Waals surface area contributed by atoms with Crippen molar-refractivity contribution in [3.05, 3.63) is 35.4 Å². The molecule has 1 saturated carbocycles. The lowest BCUT2D eigenvalue weighted by Gasteiger charge is -2.37. The maximum Gasteiger partial charge on any atom is 0.238 e. The van der Waals surface area contributed by atoms with Crippen molar-refractivity contribution < 1.29 is 4.79 Å². The van der Waals surface area contributed by atoms with Crippen LogP contribution in [0.5, 0.6) is 0 Å². The van der Waals surface area contributed by atoms with Crippen LogP contribution in [0.4, 0.5) is 0 Å². The molecule has 1 amide bonds. The van der Waals surface area contributed by atoms with Gasteiger partial charge >= 0.3 is 0 Å². The van der Waals surface area contributed by atoms with Crippen molar-refractivity contribution in [2.75, 3.05) is 6.54 Å². The van der Waals surface area contributed by atoms with E-state index in [9.17, 15) is 4.79 Å². The quantitative estimate of drug-likeness (QED) is 0.925. The summed E-state index contributed by atoms with van der Waals surface area (Å²) in [6, 6.07) is 9.12. The van der Waals surface area contributed by atoms with Gasteiger partial charge in [0, 0.05) is 6.04 Å². The summed E-state index contributed by atoms with van der Waals surface area (Å²) >= 11 is 0. The minimum atomic E-state index is 0.0682. The maximum absolute atomic E-state index is 12.4. The number of rotatable bonds is 3. The minimum absolute atomic E-state index is 0.0682. The highest BCUT2D eigenvalue weighted by Gasteiger charge is 2.38. The number of nitrogens with zero attached hydrogens (tertiary/aromatic N) is 1. The number of hydrogen-bond donors (Lipinski definition) is 1. The number of nitrogens with one attached hydrogen (secondary N) is 1. The SMILES string of the molecule is CCc1ccc(C2NCC(=O)N2C2CCCC(C)C2)cc1. The first-order valence-electron chi connectivity index (χ1n) is 8.32. The fraction of sp³-hybridized carbons (Fsp3) is 0.611. The molecule has 3 rings (SSSR count). The molecule has 114 valence electrons. The zero-order chi connectivity index (χ0) is 14.8. The molecule has 0 spiro atoms. The van der Waals surface area contributed by atoms with Crippen LogP contribution in [0.2, 0.25) is 0 Å². The molecule has 3 unspecified atom stereocenters. The second kappa shape index (κ2) is 6.18. The molecule has 0 aromatic heterocycles. The van der Waals surface area contributed by atoms with Crippen LogP contribution in [-0.4, -0.2) is 23.4 Å². The number of aryl methyl sites for hydroxylation is 1. The lowest BCUT2D eigenvalue weighted by Crippen LogP contribution is -2.42. The van der Waals surface area contributed by atoms with Gasteiger partial charge in [-0.15, -0.1) is 0 Å². The summed E-state index contributed by atoms with van der Waals surface area (Å²) in [7, 11) is 0. The third-order valence-electron chi connectivity index (χ3n) is 5.02. The van der Waals surface area contributed by atoms with E-state index in [0.29, 0.717) is 12.6 Å². The monoisotopic (exact) mass is 286 g/mol. The highest BCUT2D eigenvalue weighted by atomic mass is 16.2. The summed E-state index contributed by atoms with van der Waals surface area (Å²) in [5.41, 5.74) is 2.57. The van der Waals surface area contributed by atoms with Gasteiger partial charge in [-0.05, 0) is 36.3 Å². The minimum Gasteiger partial charge on any atom is -0.319 e. The molecule has 3 nitrogen and oxygen atoms in total. The number of carbonyl (C=O) groups is 1. The van der Waals surface area contributed by atoms with E-state index in [1.54, 1.807) is 0 Å². The second-order valence-electron chi connectivity index (χ2n) is 6.61. The smallest absolute Gasteiger partial charge is 0.238 e. The Hall–Kier alpha value is -1.35. The maximum atomic E-state index is 12.4. The summed E-state index contributed by atoms with van der Waals surface area (Å²) in [6.45, 7) is 4.96. The van der Waals surface area contributed by atoms with E-state index in [1.165, 1.54) is 24.0 Å². The van der Waals surface area contributed by atoms with Crippen LogP contribution >= 0.6 is 0 Å². The van der Waals surface area contributed by atoms with Crippen LogP contribution in [0.25, 0.3) is 0 Å². The van der Waals surface area contributed by atoms with Gasteiger partial charge in [-0.2, -0.15) is 0 Å². The molecule has 2 fully saturated rings. The van der Waals surface area contributed by atoms with E-state index in [4.69, 9.17) is 0 Å². The fourth-order valence-electron chi connectivity index (χ4n) is 3.80.